The Labute approximate surface area is 223 Å². The first-order valence-electron chi connectivity index (χ1n) is 11.3. The zero-order valence-corrected chi connectivity index (χ0v) is 21.4. The van der Waals surface area contributed by atoms with Crippen LogP contribution in [-0.4, -0.2) is 22.8 Å². The molecule has 1 aromatic heterocycles. The number of hydrogen-bond donors (Lipinski definition) is 2. The first kappa shape index (κ1) is 24.7. The topological polar surface area (TPSA) is 71.5 Å². The van der Waals surface area contributed by atoms with Gasteiger partial charge in [0.15, 0.2) is 0 Å². The number of nitrogens with one attached hydrogen (secondary N) is 1. The number of carbonyl (C=O) groups is 1. The van der Waals surface area contributed by atoms with Gasteiger partial charge in [-0.25, -0.2) is 4.79 Å². The zero-order valence-electron chi connectivity index (χ0n) is 19.1. The first-order valence-corrected chi connectivity index (χ1v) is 12.9. The Balaban J connectivity index is 1.29. The van der Waals surface area contributed by atoms with E-state index in [9.17, 15) is 9.90 Å². The smallest absolute Gasteiger partial charge is 0.407 e. The lowest BCUT2D eigenvalue weighted by molar-refractivity contribution is 0.142. The SMILES string of the molecule is O=C(NCc1c(Cl)ccc(Cl)c1Sc1cccnc1CO)OCC1c2ccccc2-c2ccccc21. The van der Waals surface area contributed by atoms with Crippen LogP contribution < -0.4 is 5.32 Å². The molecule has 0 aliphatic heterocycles. The average Bonchev–Trinajstić information content (AvgIpc) is 3.23. The van der Waals surface area contributed by atoms with Crippen molar-refractivity contribution in [3.63, 3.8) is 0 Å². The molecule has 2 N–H and O–H groups in total. The highest BCUT2D eigenvalue weighted by Gasteiger charge is 2.29. The Hall–Kier alpha value is -3.03. The second-order valence-electron chi connectivity index (χ2n) is 8.22. The summed E-state index contributed by atoms with van der Waals surface area (Å²) < 4.78 is 5.65. The molecule has 182 valence electrons. The minimum absolute atomic E-state index is 0.0218. The average molecular weight is 537 g/mol. The van der Waals surface area contributed by atoms with E-state index in [1.807, 2.05) is 30.3 Å². The number of hydrogen-bond acceptors (Lipinski definition) is 5. The van der Waals surface area contributed by atoms with Gasteiger partial charge >= 0.3 is 6.09 Å². The molecule has 0 atom stereocenters. The minimum Gasteiger partial charge on any atom is -0.449 e. The molecule has 0 fully saturated rings. The number of halogens is 2. The summed E-state index contributed by atoms with van der Waals surface area (Å²) in [7, 11) is 0. The molecule has 0 saturated heterocycles. The van der Waals surface area contributed by atoms with Crippen molar-refractivity contribution in [2.24, 2.45) is 0 Å². The van der Waals surface area contributed by atoms with Crippen molar-refractivity contribution in [3.05, 3.63) is 111 Å². The molecule has 1 aliphatic rings. The molecule has 1 aliphatic carbocycles. The van der Waals surface area contributed by atoms with Crippen LogP contribution in [0, 0.1) is 0 Å². The third-order valence-electron chi connectivity index (χ3n) is 6.12. The number of fused-ring (bicyclic) bond motifs is 3. The third kappa shape index (κ3) is 4.95. The summed E-state index contributed by atoms with van der Waals surface area (Å²) in [6.45, 7) is 0.155. The van der Waals surface area contributed by atoms with E-state index in [4.69, 9.17) is 27.9 Å². The quantitative estimate of drug-likeness (QED) is 0.264. The highest BCUT2D eigenvalue weighted by atomic mass is 35.5. The van der Waals surface area contributed by atoms with Crippen LogP contribution in [0.25, 0.3) is 11.1 Å². The summed E-state index contributed by atoms with van der Waals surface area (Å²) in [5.41, 5.74) is 5.85. The number of benzene rings is 3. The van der Waals surface area contributed by atoms with Gasteiger partial charge in [0.2, 0.25) is 0 Å². The molecule has 0 radical (unpaired) electrons. The number of aliphatic hydroxyl groups is 1. The second kappa shape index (κ2) is 10.9. The number of aromatic nitrogens is 1. The van der Waals surface area contributed by atoms with E-state index in [1.165, 1.54) is 22.9 Å². The van der Waals surface area contributed by atoms with Crippen LogP contribution in [0.15, 0.2) is 88.8 Å². The van der Waals surface area contributed by atoms with Crippen LogP contribution in [0.1, 0.15) is 28.3 Å². The van der Waals surface area contributed by atoms with E-state index in [1.54, 1.807) is 24.4 Å². The lowest BCUT2D eigenvalue weighted by atomic mass is 9.98. The molecule has 0 saturated carbocycles. The maximum Gasteiger partial charge on any atom is 0.407 e. The number of aliphatic hydroxyl groups excluding tert-OH is 1. The van der Waals surface area contributed by atoms with Crippen molar-refractivity contribution in [3.8, 4) is 11.1 Å². The molecule has 8 heteroatoms. The number of alkyl carbamates (subject to hydrolysis) is 1. The molecule has 0 bridgehead atoms. The molecule has 36 heavy (non-hydrogen) atoms. The van der Waals surface area contributed by atoms with Crippen LogP contribution >= 0.6 is 35.0 Å². The highest BCUT2D eigenvalue weighted by Crippen LogP contribution is 2.44. The van der Waals surface area contributed by atoms with Gasteiger partial charge in [-0.2, -0.15) is 0 Å². The summed E-state index contributed by atoms with van der Waals surface area (Å²) >= 11 is 14.3. The highest BCUT2D eigenvalue weighted by molar-refractivity contribution is 7.99. The van der Waals surface area contributed by atoms with E-state index < -0.39 is 6.09 Å². The van der Waals surface area contributed by atoms with Crippen LogP contribution in [0.4, 0.5) is 4.79 Å². The number of amides is 1. The largest absolute Gasteiger partial charge is 0.449 e. The van der Waals surface area contributed by atoms with Gasteiger partial charge in [-0.3, -0.25) is 4.98 Å². The van der Waals surface area contributed by atoms with Crippen LogP contribution in [0.2, 0.25) is 10.0 Å². The number of pyridine rings is 1. The fourth-order valence-electron chi connectivity index (χ4n) is 4.41. The van der Waals surface area contributed by atoms with Crippen LogP contribution in [-0.2, 0) is 17.9 Å². The summed E-state index contributed by atoms with van der Waals surface area (Å²) in [4.78, 5) is 18.4. The lowest BCUT2D eigenvalue weighted by Crippen LogP contribution is -2.26. The Kier molecular flexibility index (Phi) is 7.48. The van der Waals surface area contributed by atoms with Crippen molar-refractivity contribution in [1.29, 1.82) is 0 Å². The predicted molar refractivity (Wildman–Crippen MR) is 143 cm³/mol. The third-order valence-corrected chi connectivity index (χ3v) is 8.16. The van der Waals surface area contributed by atoms with Crippen LogP contribution in [0.3, 0.4) is 0 Å². The molecule has 1 amide bonds. The Morgan fingerprint density at radius 2 is 1.61 bits per heavy atom. The fraction of sp³-hybridized carbons (Fsp3) is 0.143. The minimum atomic E-state index is -0.540. The van der Waals surface area contributed by atoms with Gasteiger partial charge < -0.3 is 15.2 Å². The van der Waals surface area contributed by atoms with Crippen molar-refractivity contribution in [2.45, 2.75) is 28.9 Å². The van der Waals surface area contributed by atoms with Gasteiger partial charge in [-0.15, -0.1) is 0 Å². The first-order chi connectivity index (χ1) is 17.6. The van der Waals surface area contributed by atoms with Crippen LogP contribution in [0.5, 0.6) is 0 Å². The van der Waals surface area contributed by atoms with Gasteiger partial charge in [0.1, 0.15) is 6.61 Å². The van der Waals surface area contributed by atoms with E-state index in [0.717, 1.165) is 16.0 Å². The molecular weight excluding hydrogens is 515 g/mol. The Morgan fingerprint density at radius 3 is 2.31 bits per heavy atom. The van der Waals surface area contributed by atoms with Crippen molar-refractivity contribution in [2.75, 3.05) is 6.61 Å². The molecule has 5 rings (SSSR count). The van der Waals surface area contributed by atoms with Crippen molar-refractivity contribution < 1.29 is 14.6 Å². The number of carbonyl (C=O) groups excluding carboxylic acids is 1. The van der Waals surface area contributed by atoms with Crippen molar-refractivity contribution in [1.82, 2.24) is 10.3 Å². The zero-order chi connectivity index (χ0) is 25.1. The summed E-state index contributed by atoms with van der Waals surface area (Å²) in [6.07, 6.45) is 1.08. The predicted octanol–water partition coefficient (Wildman–Crippen LogP) is 7.07. The molecule has 4 aromatic rings. The van der Waals surface area contributed by atoms with E-state index in [0.29, 0.717) is 26.2 Å². The fourth-order valence-corrected chi connectivity index (χ4v) is 6.05. The monoisotopic (exact) mass is 536 g/mol. The van der Waals surface area contributed by atoms with Gasteiger partial charge in [0.25, 0.3) is 0 Å². The summed E-state index contributed by atoms with van der Waals surface area (Å²) in [5, 5.41) is 13.4. The lowest BCUT2D eigenvalue weighted by Gasteiger charge is -2.17. The van der Waals surface area contributed by atoms with E-state index >= 15 is 0 Å². The van der Waals surface area contributed by atoms with Gasteiger partial charge in [0.05, 0.1) is 17.3 Å². The molecule has 0 spiro atoms. The maximum atomic E-state index is 12.7. The second-order valence-corrected chi connectivity index (χ2v) is 10.1. The van der Waals surface area contributed by atoms with Crippen molar-refractivity contribution >= 4 is 41.1 Å². The molecule has 0 unspecified atom stereocenters. The molecule has 5 nitrogen and oxygen atoms in total. The Bertz CT molecular complexity index is 1380. The molecule has 1 heterocycles. The van der Waals surface area contributed by atoms with Gasteiger partial charge in [-0.05, 0) is 46.5 Å². The Morgan fingerprint density at radius 1 is 0.944 bits per heavy atom. The summed E-state index contributed by atoms with van der Waals surface area (Å²) in [5.74, 6) is -0.0218. The molecule has 3 aromatic carbocycles. The standard InChI is InChI=1S/C28H22Cl2N2O3S/c29-23-11-12-24(30)27(36-26-10-5-13-31-25(26)15-33)21(23)14-32-28(34)35-16-22-19-8-3-1-6-17(19)18-7-2-4-9-20(18)22/h1-13,22,33H,14-16H2,(H,32,34). The summed E-state index contributed by atoms with van der Waals surface area (Å²) in [6, 6.07) is 23.4. The molecular formula is C28H22Cl2N2O3S. The number of ether oxygens (including phenoxy) is 1. The van der Waals surface area contributed by atoms with E-state index in [2.05, 4.69) is 34.6 Å². The number of nitrogens with zero attached hydrogens (tertiary/aromatic N) is 1. The maximum absolute atomic E-state index is 12.7. The normalized spacial score (nSPS) is 12.2. The van der Waals surface area contributed by atoms with Gasteiger partial charge in [-0.1, -0.05) is 83.5 Å². The number of rotatable bonds is 7. The van der Waals surface area contributed by atoms with E-state index in [-0.39, 0.29) is 25.7 Å². The van der Waals surface area contributed by atoms with Gasteiger partial charge in [0, 0.05) is 39.0 Å².